The number of hydrogen-bond acceptors (Lipinski definition) is 2. The maximum atomic E-state index is 5.75. The van der Waals surface area contributed by atoms with Crippen molar-refractivity contribution >= 4 is 21.8 Å². The second-order valence-electron chi connectivity index (χ2n) is 6.71. The zero-order chi connectivity index (χ0) is 19.6. The number of hydrogen-bond donors (Lipinski definition) is 0. The highest BCUT2D eigenvalue weighted by Crippen LogP contribution is 2.34. The van der Waals surface area contributed by atoms with E-state index in [2.05, 4.69) is 40.7 Å². The topological polar surface area (TPSA) is 27.1 Å². The van der Waals surface area contributed by atoms with Gasteiger partial charge in [-0.2, -0.15) is 0 Å². The molecule has 0 bridgehead atoms. The average molecular weight is 374 g/mol. The molecule has 3 nitrogen and oxygen atoms in total. The molecule has 29 heavy (non-hydrogen) atoms. The highest BCUT2D eigenvalue weighted by Gasteiger charge is 2.17. The van der Waals surface area contributed by atoms with Crippen molar-refractivity contribution in [3.05, 3.63) is 102 Å². The lowest BCUT2D eigenvalue weighted by atomic mass is 10.1. The van der Waals surface area contributed by atoms with Crippen LogP contribution in [0.5, 0.6) is 5.75 Å². The highest BCUT2D eigenvalue weighted by atomic mass is 16.5. The lowest BCUT2D eigenvalue weighted by Gasteiger charge is -2.15. The van der Waals surface area contributed by atoms with Crippen molar-refractivity contribution in [3.63, 3.8) is 0 Å². The van der Waals surface area contributed by atoms with E-state index in [9.17, 15) is 0 Å². The molecular formula is C26H18N2O. The molecule has 0 aliphatic rings. The highest BCUT2D eigenvalue weighted by molar-refractivity contribution is 5.95. The van der Waals surface area contributed by atoms with Crippen molar-refractivity contribution in [2.24, 2.45) is 0 Å². The van der Waals surface area contributed by atoms with Gasteiger partial charge in [-0.25, -0.2) is 4.98 Å². The van der Waals surface area contributed by atoms with Gasteiger partial charge < -0.3 is 4.74 Å². The van der Waals surface area contributed by atoms with E-state index in [0.29, 0.717) is 5.82 Å². The minimum Gasteiger partial charge on any atom is -0.495 e. The lowest BCUT2D eigenvalue weighted by molar-refractivity contribution is 0.414. The largest absolute Gasteiger partial charge is 0.495 e. The Balaban J connectivity index is 1.84. The van der Waals surface area contributed by atoms with Crippen LogP contribution in [0.2, 0.25) is 0 Å². The Morgan fingerprint density at radius 2 is 1.52 bits per heavy atom. The zero-order valence-electron chi connectivity index (χ0n) is 16.0. The molecule has 138 valence electrons. The van der Waals surface area contributed by atoms with Crippen LogP contribution >= 0.6 is 0 Å². The Morgan fingerprint density at radius 1 is 0.759 bits per heavy atom. The second kappa shape index (κ2) is 7.18. The molecular weight excluding hydrogens is 356 g/mol. The minimum absolute atomic E-state index is 0.685. The number of aromatic nitrogens is 2. The molecule has 0 aliphatic heterocycles. The molecule has 5 aromatic rings. The van der Waals surface area contributed by atoms with Gasteiger partial charge in [0.1, 0.15) is 5.75 Å². The molecule has 0 amide bonds. The third kappa shape index (κ3) is 3.01. The Hall–Kier alpha value is -4.03. The molecule has 4 aromatic carbocycles. The van der Waals surface area contributed by atoms with Gasteiger partial charge in [-0.3, -0.25) is 4.57 Å². The fourth-order valence-electron chi connectivity index (χ4n) is 3.62. The molecule has 0 atom stereocenters. The first-order valence-corrected chi connectivity index (χ1v) is 9.46. The van der Waals surface area contributed by atoms with Crippen LogP contribution in [0.15, 0.2) is 91.0 Å². The Kier molecular flexibility index (Phi) is 4.23. The van der Waals surface area contributed by atoms with Gasteiger partial charge in [-0.05, 0) is 41.6 Å². The third-order valence-corrected chi connectivity index (χ3v) is 4.96. The van der Waals surface area contributed by atoms with Gasteiger partial charge in [0.05, 0.1) is 23.8 Å². The molecule has 0 radical (unpaired) electrons. The van der Waals surface area contributed by atoms with Crippen LogP contribution in [0.25, 0.3) is 27.5 Å². The summed E-state index contributed by atoms with van der Waals surface area (Å²) in [4.78, 5) is 4.82. The maximum absolute atomic E-state index is 5.75. The van der Waals surface area contributed by atoms with Crippen LogP contribution in [-0.4, -0.2) is 16.7 Å². The summed E-state index contributed by atoms with van der Waals surface area (Å²) in [5.41, 5.74) is 3.81. The van der Waals surface area contributed by atoms with E-state index >= 15 is 0 Å². The van der Waals surface area contributed by atoms with Crippen molar-refractivity contribution < 1.29 is 4.74 Å². The fraction of sp³-hybridized carbons (Fsp3) is 0.0385. The summed E-state index contributed by atoms with van der Waals surface area (Å²) >= 11 is 0. The Bertz CT molecular complexity index is 1390. The van der Waals surface area contributed by atoms with Crippen molar-refractivity contribution in [1.29, 1.82) is 0 Å². The third-order valence-electron chi connectivity index (χ3n) is 4.96. The molecule has 3 heteroatoms. The summed E-state index contributed by atoms with van der Waals surface area (Å²) in [5.74, 6) is 7.99. The van der Waals surface area contributed by atoms with Gasteiger partial charge in [0, 0.05) is 10.9 Å². The summed E-state index contributed by atoms with van der Waals surface area (Å²) in [6.45, 7) is 0. The van der Waals surface area contributed by atoms with Crippen LogP contribution in [0, 0.1) is 11.8 Å². The summed E-state index contributed by atoms with van der Waals surface area (Å²) < 4.78 is 7.85. The summed E-state index contributed by atoms with van der Waals surface area (Å²) in [7, 11) is 1.70. The summed E-state index contributed by atoms with van der Waals surface area (Å²) in [5, 5.41) is 2.24. The van der Waals surface area contributed by atoms with Gasteiger partial charge >= 0.3 is 0 Å². The van der Waals surface area contributed by atoms with Crippen LogP contribution < -0.4 is 4.74 Å². The lowest BCUT2D eigenvalue weighted by Crippen LogP contribution is -2.02. The molecule has 0 unspecified atom stereocenters. The monoisotopic (exact) mass is 374 g/mol. The summed E-state index contributed by atoms with van der Waals surface area (Å²) in [6, 6.07) is 30.4. The molecule has 0 saturated carbocycles. The number of para-hydroxylation sites is 2. The van der Waals surface area contributed by atoms with Crippen molar-refractivity contribution in [1.82, 2.24) is 9.55 Å². The van der Waals surface area contributed by atoms with Gasteiger partial charge in [-0.1, -0.05) is 66.6 Å². The summed E-state index contributed by atoms with van der Waals surface area (Å²) in [6.07, 6.45) is 0. The van der Waals surface area contributed by atoms with Gasteiger partial charge in [0.25, 0.3) is 0 Å². The van der Waals surface area contributed by atoms with E-state index in [0.717, 1.165) is 38.8 Å². The smallest absolute Gasteiger partial charge is 0.191 e. The number of ether oxygens (including phenoxy) is 1. The normalized spacial score (nSPS) is 10.7. The standard InChI is InChI=1S/C26H18N2O/c1-29-24-17-16-20-11-5-6-12-21(20)26(24)28-23-14-8-7-13-22(23)27-25(28)18-15-19-9-3-2-4-10-19/h2-14,16-17H,1H3. The predicted octanol–water partition coefficient (Wildman–Crippen LogP) is 5.59. The van der Waals surface area contributed by atoms with Gasteiger partial charge in [-0.15, -0.1) is 0 Å². The van der Waals surface area contributed by atoms with Gasteiger partial charge in [0.15, 0.2) is 5.82 Å². The fourth-order valence-corrected chi connectivity index (χ4v) is 3.62. The van der Waals surface area contributed by atoms with Crippen molar-refractivity contribution in [2.75, 3.05) is 7.11 Å². The van der Waals surface area contributed by atoms with Crippen molar-refractivity contribution in [2.45, 2.75) is 0 Å². The average Bonchev–Trinajstić information content (AvgIpc) is 3.15. The van der Waals surface area contributed by atoms with E-state index in [1.54, 1.807) is 7.11 Å². The number of fused-ring (bicyclic) bond motifs is 2. The molecule has 1 aromatic heterocycles. The Morgan fingerprint density at radius 3 is 2.38 bits per heavy atom. The van der Waals surface area contributed by atoms with Crippen LogP contribution in [0.1, 0.15) is 11.4 Å². The zero-order valence-corrected chi connectivity index (χ0v) is 16.0. The van der Waals surface area contributed by atoms with Crippen LogP contribution in [0.4, 0.5) is 0 Å². The van der Waals surface area contributed by atoms with E-state index in [1.165, 1.54) is 0 Å². The molecule has 0 aliphatic carbocycles. The van der Waals surface area contributed by atoms with Crippen molar-refractivity contribution in [3.8, 4) is 23.3 Å². The molecule has 1 heterocycles. The molecule has 0 saturated heterocycles. The minimum atomic E-state index is 0.685. The first-order chi connectivity index (χ1) is 14.3. The van der Waals surface area contributed by atoms with Crippen LogP contribution in [0.3, 0.4) is 0 Å². The quantitative estimate of drug-likeness (QED) is 0.377. The van der Waals surface area contributed by atoms with E-state index in [1.807, 2.05) is 66.7 Å². The number of nitrogens with zero attached hydrogens (tertiary/aromatic N) is 2. The Labute approximate surface area is 169 Å². The van der Waals surface area contributed by atoms with E-state index in [4.69, 9.17) is 9.72 Å². The van der Waals surface area contributed by atoms with E-state index < -0.39 is 0 Å². The first-order valence-electron chi connectivity index (χ1n) is 9.46. The van der Waals surface area contributed by atoms with Crippen LogP contribution in [-0.2, 0) is 0 Å². The predicted molar refractivity (Wildman–Crippen MR) is 118 cm³/mol. The first kappa shape index (κ1) is 17.1. The molecule has 5 rings (SSSR count). The molecule has 0 N–H and O–H groups in total. The number of imidazole rings is 1. The van der Waals surface area contributed by atoms with E-state index in [-0.39, 0.29) is 0 Å². The number of benzene rings is 4. The number of rotatable bonds is 2. The second-order valence-corrected chi connectivity index (χ2v) is 6.71. The molecule has 0 fully saturated rings. The maximum Gasteiger partial charge on any atom is 0.191 e. The number of methoxy groups -OCH3 is 1. The molecule has 0 spiro atoms. The van der Waals surface area contributed by atoms with Gasteiger partial charge in [0.2, 0.25) is 0 Å². The SMILES string of the molecule is COc1ccc2ccccc2c1-n1c(C#Cc2ccccc2)nc2ccccc21.